The van der Waals surface area contributed by atoms with Crippen molar-refractivity contribution in [1.82, 2.24) is 0 Å². The van der Waals surface area contributed by atoms with Gasteiger partial charge in [0.25, 0.3) is 0 Å². The highest BCUT2D eigenvalue weighted by molar-refractivity contribution is 5.89. The first-order valence-corrected chi connectivity index (χ1v) is 4.77. The maximum Gasteiger partial charge on any atom is 0.337 e. The predicted molar refractivity (Wildman–Crippen MR) is 64.1 cm³/mol. The smallest absolute Gasteiger partial charge is 0.337 e. The summed E-state index contributed by atoms with van der Waals surface area (Å²) in [5.41, 5.74) is 6.85. The van der Waals surface area contributed by atoms with Crippen LogP contribution in [0.25, 0.3) is 0 Å². The van der Waals surface area contributed by atoms with Gasteiger partial charge in [-0.15, -0.1) is 12.4 Å². The molecule has 0 aromatic heterocycles. The van der Waals surface area contributed by atoms with Crippen LogP contribution in [0.15, 0.2) is 18.2 Å². The molecule has 1 aromatic rings. The van der Waals surface area contributed by atoms with Crippen molar-refractivity contribution in [3.8, 4) is 5.75 Å². The fourth-order valence-electron chi connectivity index (χ4n) is 1.28. The van der Waals surface area contributed by atoms with E-state index in [-0.39, 0.29) is 18.4 Å². The van der Waals surface area contributed by atoms with Gasteiger partial charge in [0.05, 0.1) is 19.3 Å². The largest absolute Gasteiger partial charge is 0.494 e. The second kappa shape index (κ2) is 7.09. The second-order valence-electron chi connectivity index (χ2n) is 2.95. The maximum absolute atomic E-state index is 11.2. The van der Waals surface area contributed by atoms with Gasteiger partial charge in [-0.1, -0.05) is 0 Å². The van der Waals surface area contributed by atoms with Gasteiger partial charge in [-0.05, 0) is 25.1 Å². The summed E-state index contributed by atoms with van der Waals surface area (Å²) in [7, 11) is 1.35. The Morgan fingerprint density at radius 1 is 1.44 bits per heavy atom. The summed E-state index contributed by atoms with van der Waals surface area (Å²) in [4.78, 5) is 11.2. The minimum absolute atomic E-state index is 0. The number of esters is 1. The van der Waals surface area contributed by atoms with E-state index in [1.807, 2.05) is 6.92 Å². The third-order valence-electron chi connectivity index (χ3n) is 2.00. The van der Waals surface area contributed by atoms with Crippen LogP contribution in [0.5, 0.6) is 5.75 Å². The Morgan fingerprint density at radius 2 is 2.12 bits per heavy atom. The zero-order chi connectivity index (χ0) is 11.3. The first-order chi connectivity index (χ1) is 7.22. The summed E-state index contributed by atoms with van der Waals surface area (Å²) in [5.74, 6) is 0.348. The maximum atomic E-state index is 11.2. The van der Waals surface area contributed by atoms with Crippen molar-refractivity contribution in [3.63, 3.8) is 0 Å². The van der Waals surface area contributed by atoms with Gasteiger partial charge in [-0.25, -0.2) is 4.79 Å². The number of halogens is 1. The Labute approximate surface area is 101 Å². The molecule has 0 unspecified atom stereocenters. The molecule has 0 aliphatic rings. The summed E-state index contributed by atoms with van der Waals surface area (Å²) in [6.07, 6.45) is 0. The van der Waals surface area contributed by atoms with Crippen LogP contribution in [-0.4, -0.2) is 19.7 Å². The van der Waals surface area contributed by atoms with Crippen molar-refractivity contribution in [3.05, 3.63) is 29.3 Å². The fraction of sp³-hybridized carbons (Fsp3) is 0.364. The van der Waals surface area contributed by atoms with E-state index in [2.05, 4.69) is 4.74 Å². The van der Waals surface area contributed by atoms with Gasteiger partial charge >= 0.3 is 5.97 Å². The Bertz CT molecular complexity index is 355. The number of rotatable bonds is 4. The second-order valence-corrected chi connectivity index (χ2v) is 2.95. The molecule has 0 aliphatic heterocycles. The zero-order valence-electron chi connectivity index (χ0n) is 9.36. The molecule has 0 amide bonds. The van der Waals surface area contributed by atoms with Gasteiger partial charge in [0.15, 0.2) is 0 Å². The molecule has 0 bridgehead atoms. The van der Waals surface area contributed by atoms with Crippen LogP contribution in [0.1, 0.15) is 22.8 Å². The average molecular weight is 246 g/mol. The number of nitrogens with two attached hydrogens (primary N) is 1. The van der Waals surface area contributed by atoms with Gasteiger partial charge in [0.2, 0.25) is 0 Å². The lowest BCUT2D eigenvalue weighted by Gasteiger charge is -2.09. The van der Waals surface area contributed by atoms with E-state index in [0.717, 1.165) is 5.56 Å². The molecule has 0 spiro atoms. The van der Waals surface area contributed by atoms with Crippen LogP contribution in [0.4, 0.5) is 0 Å². The van der Waals surface area contributed by atoms with Gasteiger partial charge in [0, 0.05) is 12.1 Å². The Balaban J connectivity index is 0.00000225. The van der Waals surface area contributed by atoms with Crippen LogP contribution in [0, 0.1) is 0 Å². The Hall–Kier alpha value is -1.26. The van der Waals surface area contributed by atoms with E-state index in [9.17, 15) is 4.79 Å². The van der Waals surface area contributed by atoms with Crippen molar-refractivity contribution >= 4 is 18.4 Å². The molecule has 0 radical (unpaired) electrons. The van der Waals surface area contributed by atoms with Crippen LogP contribution >= 0.6 is 12.4 Å². The van der Waals surface area contributed by atoms with E-state index in [1.54, 1.807) is 18.2 Å². The number of carbonyl (C=O) groups excluding carboxylic acids is 1. The molecule has 4 nitrogen and oxygen atoms in total. The molecule has 5 heteroatoms. The molecule has 0 fully saturated rings. The van der Waals surface area contributed by atoms with Gasteiger partial charge in [0.1, 0.15) is 5.75 Å². The van der Waals surface area contributed by atoms with Gasteiger partial charge in [-0.2, -0.15) is 0 Å². The van der Waals surface area contributed by atoms with Crippen molar-refractivity contribution in [2.45, 2.75) is 13.5 Å². The lowest BCUT2D eigenvalue weighted by atomic mass is 10.1. The molecule has 2 N–H and O–H groups in total. The summed E-state index contributed by atoms with van der Waals surface area (Å²) in [6, 6.07) is 5.09. The van der Waals surface area contributed by atoms with Gasteiger partial charge < -0.3 is 15.2 Å². The predicted octanol–water partition coefficient (Wildman–Crippen LogP) is 1.75. The topological polar surface area (TPSA) is 61.5 Å². The van der Waals surface area contributed by atoms with Crippen molar-refractivity contribution in [2.75, 3.05) is 13.7 Å². The lowest BCUT2D eigenvalue weighted by Crippen LogP contribution is -2.06. The molecule has 0 aliphatic carbocycles. The molecule has 0 heterocycles. The molecule has 0 saturated heterocycles. The van der Waals surface area contributed by atoms with Crippen molar-refractivity contribution in [1.29, 1.82) is 0 Å². The van der Waals surface area contributed by atoms with E-state index >= 15 is 0 Å². The van der Waals surface area contributed by atoms with Crippen LogP contribution in [0.2, 0.25) is 0 Å². The van der Waals surface area contributed by atoms with E-state index < -0.39 is 0 Å². The van der Waals surface area contributed by atoms with Gasteiger partial charge in [-0.3, -0.25) is 0 Å². The number of hydrogen-bond donors (Lipinski definition) is 1. The lowest BCUT2D eigenvalue weighted by molar-refractivity contribution is 0.0600. The molecule has 1 aromatic carbocycles. The molecule has 90 valence electrons. The molecule has 1 rings (SSSR count). The van der Waals surface area contributed by atoms with Crippen LogP contribution < -0.4 is 10.5 Å². The number of hydrogen-bond acceptors (Lipinski definition) is 4. The summed E-state index contributed by atoms with van der Waals surface area (Å²) in [6.45, 7) is 2.80. The minimum Gasteiger partial charge on any atom is -0.494 e. The van der Waals surface area contributed by atoms with E-state index in [0.29, 0.717) is 24.5 Å². The number of ether oxygens (including phenoxy) is 2. The summed E-state index contributed by atoms with van der Waals surface area (Å²) in [5, 5.41) is 0. The van der Waals surface area contributed by atoms with Crippen LogP contribution in [-0.2, 0) is 11.3 Å². The number of benzene rings is 1. The highest BCUT2D eigenvalue weighted by atomic mass is 35.5. The van der Waals surface area contributed by atoms with E-state index in [1.165, 1.54) is 7.11 Å². The quantitative estimate of drug-likeness (QED) is 0.821. The highest BCUT2D eigenvalue weighted by Crippen LogP contribution is 2.20. The SMILES string of the molecule is CCOc1ccc(C(=O)OC)cc1CN.Cl. The fourth-order valence-corrected chi connectivity index (χ4v) is 1.28. The number of methoxy groups -OCH3 is 1. The third kappa shape index (κ3) is 3.40. The first-order valence-electron chi connectivity index (χ1n) is 4.77. The highest BCUT2D eigenvalue weighted by Gasteiger charge is 2.09. The Kier molecular flexibility index (Phi) is 6.53. The number of carbonyl (C=O) groups is 1. The van der Waals surface area contributed by atoms with Crippen molar-refractivity contribution in [2.24, 2.45) is 5.73 Å². The average Bonchev–Trinajstić information content (AvgIpc) is 2.29. The zero-order valence-corrected chi connectivity index (χ0v) is 10.2. The van der Waals surface area contributed by atoms with E-state index in [4.69, 9.17) is 10.5 Å². The molecular formula is C11H16ClNO3. The van der Waals surface area contributed by atoms with Crippen molar-refractivity contribution < 1.29 is 14.3 Å². The molecule has 0 atom stereocenters. The third-order valence-corrected chi connectivity index (χ3v) is 2.00. The molecule has 16 heavy (non-hydrogen) atoms. The Morgan fingerprint density at radius 3 is 2.62 bits per heavy atom. The molecule has 0 saturated carbocycles. The molecular weight excluding hydrogens is 230 g/mol. The monoisotopic (exact) mass is 245 g/mol. The summed E-state index contributed by atoms with van der Waals surface area (Å²) < 4.78 is 9.98. The van der Waals surface area contributed by atoms with Crippen LogP contribution in [0.3, 0.4) is 0 Å². The normalized spacial score (nSPS) is 9.19. The first kappa shape index (κ1) is 14.7. The minimum atomic E-state index is -0.368. The standard InChI is InChI=1S/C11H15NO3.ClH/c1-3-15-10-5-4-8(11(13)14-2)6-9(10)7-12;/h4-6H,3,7,12H2,1-2H3;1H. The summed E-state index contributed by atoms with van der Waals surface area (Å²) >= 11 is 0.